The summed E-state index contributed by atoms with van der Waals surface area (Å²) in [7, 11) is 0. The molecule has 0 radical (unpaired) electrons. The van der Waals surface area contributed by atoms with Crippen molar-refractivity contribution in [1.29, 1.82) is 0 Å². The molecule has 0 aliphatic heterocycles. The lowest BCUT2D eigenvalue weighted by Gasteiger charge is -2.03. The van der Waals surface area contributed by atoms with Gasteiger partial charge in [-0.15, -0.1) is 0 Å². The van der Waals surface area contributed by atoms with Gasteiger partial charge in [-0.1, -0.05) is 6.08 Å². The van der Waals surface area contributed by atoms with Gasteiger partial charge in [-0.3, -0.25) is 0 Å². The first-order valence-electron chi connectivity index (χ1n) is 4.58. The van der Waals surface area contributed by atoms with Crippen LogP contribution in [-0.2, 0) is 0 Å². The highest BCUT2D eigenvalue weighted by atomic mass is 19.1. The van der Waals surface area contributed by atoms with E-state index in [1.165, 1.54) is 6.07 Å². The van der Waals surface area contributed by atoms with Crippen molar-refractivity contribution in [3.05, 3.63) is 41.5 Å². The predicted octanol–water partition coefficient (Wildman–Crippen LogP) is 2.47. The highest BCUT2D eigenvalue weighted by Gasteiger charge is 2.16. The highest BCUT2D eigenvalue weighted by molar-refractivity contribution is 5.68. The zero-order valence-corrected chi connectivity index (χ0v) is 7.63. The third-order valence-corrected chi connectivity index (χ3v) is 2.44. The molecule has 1 aromatic carbocycles. The molecule has 1 nitrogen and oxygen atoms in total. The first kappa shape index (κ1) is 9.34. The van der Waals surface area contributed by atoms with Gasteiger partial charge >= 0.3 is 0 Å². The van der Waals surface area contributed by atoms with Crippen LogP contribution < -0.4 is 5.73 Å². The van der Waals surface area contributed by atoms with Crippen LogP contribution in [0.15, 0.2) is 24.3 Å². The second-order valence-corrected chi connectivity index (χ2v) is 3.52. The molecular formula is C11H11F2N. The Morgan fingerprint density at radius 1 is 1.29 bits per heavy atom. The Morgan fingerprint density at radius 2 is 2.07 bits per heavy atom. The van der Waals surface area contributed by atoms with Gasteiger partial charge in [0.2, 0.25) is 0 Å². The fourth-order valence-corrected chi connectivity index (χ4v) is 1.72. The predicted molar refractivity (Wildman–Crippen MR) is 51.5 cm³/mol. The number of rotatable bonds is 1. The van der Waals surface area contributed by atoms with Crippen molar-refractivity contribution in [3.8, 4) is 0 Å². The Kier molecular flexibility index (Phi) is 2.33. The van der Waals surface area contributed by atoms with Crippen molar-refractivity contribution in [2.45, 2.75) is 18.9 Å². The SMILES string of the molecule is NC1C=C(c2cc(F)ccc2F)CC1. The van der Waals surface area contributed by atoms with Crippen LogP contribution in [-0.4, -0.2) is 6.04 Å². The molecule has 0 spiro atoms. The lowest BCUT2D eigenvalue weighted by atomic mass is 10.1. The van der Waals surface area contributed by atoms with Crippen molar-refractivity contribution < 1.29 is 8.78 Å². The summed E-state index contributed by atoms with van der Waals surface area (Å²) >= 11 is 0. The van der Waals surface area contributed by atoms with Crippen LogP contribution in [0.4, 0.5) is 8.78 Å². The van der Waals surface area contributed by atoms with Crippen LogP contribution in [0.25, 0.3) is 5.57 Å². The van der Waals surface area contributed by atoms with E-state index in [0.717, 1.165) is 30.5 Å². The normalized spacial score (nSPS) is 21.1. The van der Waals surface area contributed by atoms with Crippen molar-refractivity contribution in [1.82, 2.24) is 0 Å². The number of benzene rings is 1. The molecule has 1 aromatic rings. The maximum atomic E-state index is 13.3. The van der Waals surface area contributed by atoms with Gasteiger partial charge in [0.05, 0.1) is 0 Å². The Labute approximate surface area is 81.2 Å². The van der Waals surface area contributed by atoms with Gasteiger partial charge < -0.3 is 5.73 Å². The summed E-state index contributed by atoms with van der Waals surface area (Å²) in [6, 6.07) is 3.47. The van der Waals surface area contributed by atoms with E-state index in [9.17, 15) is 8.78 Å². The van der Waals surface area contributed by atoms with Gasteiger partial charge in [-0.2, -0.15) is 0 Å². The number of nitrogens with two attached hydrogens (primary N) is 1. The topological polar surface area (TPSA) is 26.0 Å². The van der Waals surface area contributed by atoms with E-state index in [2.05, 4.69) is 0 Å². The summed E-state index contributed by atoms with van der Waals surface area (Å²) < 4.78 is 26.2. The van der Waals surface area contributed by atoms with Gasteiger partial charge in [0, 0.05) is 11.6 Å². The quantitative estimate of drug-likeness (QED) is 0.731. The minimum Gasteiger partial charge on any atom is -0.324 e. The number of hydrogen-bond donors (Lipinski definition) is 1. The first-order chi connectivity index (χ1) is 6.66. The smallest absolute Gasteiger partial charge is 0.130 e. The van der Waals surface area contributed by atoms with Gasteiger partial charge in [0.1, 0.15) is 11.6 Å². The number of hydrogen-bond acceptors (Lipinski definition) is 1. The molecule has 0 aromatic heterocycles. The van der Waals surface area contributed by atoms with Crippen LogP contribution >= 0.6 is 0 Å². The Bertz CT molecular complexity index is 385. The summed E-state index contributed by atoms with van der Waals surface area (Å²) in [6.07, 6.45) is 3.34. The average molecular weight is 195 g/mol. The zero-order valence-electron chi connectivity index (χ0n) is 7.63. The maximum Gasteiger partial charge on any atom is 0.130 e. The van der Waals surface area contributed by atoms with E-state index < -0.39 is 5.82 Å². The van der Waals surface area contributed by atoms with Crippen molar-refractivity contribution in [2.24, 2.45) is 5.73 Å². The van der Waals surface area contributed by atoms with Crippen LogP contribution in [0.3, 0.4) is 0 Å². The van der Waals surface area contributed by atoms with Crippen LogP contribution in [0.2, 0.25) is 0 Å². The largest absolute Gasteiger partial charge is 0.324 e. The van der Waals surface area contributed by atoms with E-state index in [-0.39, 0.29) is 11.9 Å². The van der Waals surface area contributed by atoms with Crippen molar-refractivity contribution in [2.75, 3.05) is 0 Å². The molecule has 1 aliphatic rings. The third kappa shape index (κ3) is 1.68. The Morgan fingerprint density at radius 3 is 2.71 bits per heavy atom. The number of halogens is 2. The fraction of sp³-hybridized carbons (Fsp3) is 0.273. The summed E-state index contributed by atoms with van der Waals surface area (Å²) in [5, 5.41) is 0. The van der Waals surface area contributed by atoms with Gasteiger partial charge in [0.25, 0.3) is 0 Å². The molecule has 1 atom stereocenters. The van der Waals surface area contributed by atoms with Crippen molar-refractivity contribution >= 4 is 5.57 Å². The molecule has 2 N–H and O–H groups in total. The lowest BCUT2D eigenvalue weighted by molar-refractivity contribution is 0.596. The molecule has 74 valence electrons. The monoisotopic (exact) mass is 195 g/mol. The minimum absolute atomic E-state index is 0.0207. The molecule has 0 amide bonds. The summed E-state index contributed by atoms with van der Waals surface area (Å²) in [4.78, 5) is 0. The van der Waals surface area contributed by atoms with E-state index in [1.54, 1.807) is 6.08 Å². The molecule has 0 fully saturated rings. The van der Waals surface area contributed by atoms with Crippen LogP contribution in [0, 0.1) is 11.6 Å². The Hall–Kier alpha value is -1.22. The molecular weight excluding hydrogens is 184 g/mol. The van der Waals surface area contributed by atoms with E-state index in [1.807, 2.05) is 0 Å². The molecule has 14 heavy (non-hydrogen) atoms. The molecule has 0 bridgehead atoms. The molecule has 2 rings (SSSR count). The first-order valence-corrected chi connectivity index (χ1v) is 4.58. The van der Waals surface area contributed by atoms with Crippen LogP contribution in [0.5, 0.6) is 0 Å². The molecule has 3 heteroatoms. The van der Waals surface area contributed by atoms with E-state index in [4.69, 9.17) is 5.73 Å². The fourth-order valence-electron chi connectivity index (χ4n) is 1.72. The minimum atomic E-state index is -0.414. The summed E-state index contributed by atoms with van der Waals surface area (Å²) in [5.41, 5.74) is 6.82. The summed E-state index contributed by atoms with van der Waals surface area (Å²) in [5.74, 6) is -0.797. The van der Waals surface area contributed by atoms with E-state index in [0.29, 0.717) is 5.56 Å². The molecule has 0 heterocycles. The van der Waals surface area contributed by atoms with Gasteiger partial charge in [0.15, 0.2) is 0 Å². The molecule has 1 unspecified atom stereocenters. The van der Waals surface area contributed by atoms with E-state index >= 15 is 0 Å². The van der Waals surface area contributed by atoms with Crippen molar-refractivity contribution in [3.63, 3.8) is 0 Å². The number of allylic oxidation sites excluding steroid dienone is 1. The average Bonchev–Trinajstić information content (AvgIpc) is 2.56. The maximum absolute atomic E-state index is 13.3. The second kappa shape index (κ2) is 3.50. The van der Waals surface area contributed by atoms with Gasteiger partial charge in [-0.05, 0) is 36.6 Å². The highest BCUT2D eigenvalue weighted by Crippen LogP contribution is 2.29. The van der Waals surface area contributed by atoms with Gasteiger partial charge in [-0.25, -0.2) is 8.78 Å². The molecule has 0 saturated heterocycles. The zero-order chi connectivity index (χ0) is 10.1. The second-order valence-electron chi connectivity index (χ2n) is 3.52. The molecule has 0 saturated carbocycles. The Balaban J connectivity index is 2.41. The third-order valence-electron chi connectivity index (χ3n) is 2.44. The molecule has 1 aliphatic carbocycles. The van der Waals surface area contributed by atoms with Crippen LogP contribution in [0.1, 0.15) is 18.4 Å². The lowest BCUT2D eigenvalue weighted by Crippen LogP contribution is -2.11. The summed E-state index contributed by atoms with van der Waals surface area (Å²) in [6.45, 7) is 0. The standard InChI is InChI=1S/C11H11F2N/c12-8-2-4-11(13)10(6-8)7-1-3-9(14)5-7/h2,4-6,9H,1,3,14H2.